The number of carbonyl (C=O) groups is 2. The average molecular weight is 301 g/mol. The average Bonchev–Trinajstić information content (AvgIpc) is 2.90. The molecule has 0 aliphatic carbocycles. The van der Waals surface area contributed by atoms with Crippen LogP contribution >= 0.6 is 0 Å². The minimum Gasteiger partial charge on any atom is -0.344 e. The van der Waals surface area contributed by atoms with Crippen molar-refractivity contribution in [1.82, 2.24) is 10.6 Å². The summed E-state index contributed by atoms with van der Waals surface area (Å²) in [5.41, 5.74) is 2.08. The van der Waals surface area contributed by atoms with Gasteiger partial charge < -0.3 is 15.5 Å². The minimum atomic E-state index is -0.372. The van der Waals surface area contributed by atoms with Gasteiger partial charge in [-0.3, -0.25) is 9.59 Å². The van der Waals surface area contributed by atoms with E-state index in [2.05, 4.69) is 10.6 Å². The van der Waals surface area contributed by atoms with E-state index in [1.807, 2.05) is 31.2 Å². The van der Waals surface area contributed by atoms with Crippen LogP contribution in [-0.4, -0.2) is 37.5 Å². The largest absolute Gasteiger partial charge is 0.344 e. The lowest BCUT2D eigenvalue weighted by Gasteiger charge is -2.23. The Morgan fingerprint density at radius 2 is 1.86 bits per heavy atom. The SMILES string of the molecule is Cc1ccc(N2CCC(NC(=O)C3CCNCC3)C2=O)cc1. The second kappa shape index (κ2) is 6.48. The predicted molar refractivity (Wildman–Crippen MR) is 85.7 cm³/mol. The van der Waals surface area contributed by atoms with Crippen LogP contribution in [0.25, 0.3) is 0 Å². The third kappa shape index (κ3) is 3.14. The van der Waals surface area contributed by atoms with Crippen molar-refractivity contribution in [1.29, 1.82) is 0 Å². The third-order valence-corrected chi connectivity index (χ3v) is 4.58. The topological polar surface area (TPSA) is 61.4 Å². The fourth-order valence-electron chi connectivity index (χ4n) is 3.17. The first-order valence-corrected chi connectivity index (χ1v) is 8.04. The molecule has 2 aliphatic rings. The molecule has 3 rings (SSSR count). The summed E-state index contributed by atoms with van der Waals surface area (Å²) in [6, 6.07) is 7.56. The van der Waals surface area contributed by atoms with Crippen LogP contribution in [0.2, 0.25) is 0 Å². The summed E-state index contributed by atoms with van der Waals surface area (Å²) < 4.78 is 0. The van der Waals surface area contributed by atoms with Gasteiger partial charge in [0, 0.05) is 18.2 Å². The normalized spacial score (nSPS) is 22.9. The lowest BCUT2D eigenvalue weighted by molar-refractivity contribution is -0.129. The predicted octanol–water partition coefficient (Wildman–Crippen LogP) is 1.22. The Bertz CT molecular complexity index is 550. The van der Waals surface area contributed by atoms with Gasteiger partial charge in [-0.2, -0.15) is 0 Å². The van der Waals surface area contributed by atoms with Gasteiger partial charge in [0.05, 0.1) is 0 Å². The van der Waals surface area contributed by atoms with Gasteiger partial charge >= 0.3 is 0 Å². The quantitative estimate of drug-likeness (QED) is 0.882. The van der Waals surface area contributed by atoms with Crippen molar-refractivity contribution in [3.63, 3.8) is 0 Å². The van der Waals surface area contributed by atoms with Crippen LogP contribution in [0.15, 0.2) is 24.3 Å². The lowest BCUT2D eigenvalue weighted by Crippen LogP contribution is -2.46. The van der Waals surface area contributed by atoms with Crippen molar-refractivity contribution in [3.8, 4) is 0 Å². The van der Waals surface area contributed by atoms with E-state index in [1.165, 1.54) is 5.56 Å². The summed E-state index contributed by atoms with van der Waals surface area (Å²) in [5.74, 6) is 0.0826. The van der Waals surface area contributed by atoms with Crippen molar-refractivity contribution in [2.24, 2.45) is 5.92 Å². The first-order chi connectivity index (χ1) is 10.6. The highest BCUT2D eigenvalue weighted by molar-refractivity contribution is 6.01. The van der Waals surface area contributed by atoms with Crippen LogP contribution in [0.3, 0.4) is 0 Å². The van der Waals surface area contributed by atoms with E-state index in [4.69, 9.17) is 0 Å². The molecule has 2 saturated heterocycles. The van der Waals surface area contributed by atoms with E-state index in [0.717, 1.165) is 31.6 Å². The van der Waals surface area contributed by atoms with Crippen LogP contribution in [0, 0.1) is 12.8 Å². The number of aryl methyl sites for hydroxylation is 1. The zero-order valence-electron chi connectivity index (χ0n) is 13.0. The van der Waals surface area contributed by atoms with Crippen molar-refractivity contribution in [3.05, 3.63) is 29.8 Å². The third-order valence-electron chi connectivity index (χ3n) is 4.58. The van der Waals surface area contributed by atoms with Gasteiger partial charge in [-0.1, -0.05) is 17.7 Å². The smallest absolute Gasteiger partial charge is 0.249 e. The number of hydrogen-bond donors (Lipinski definition) is 2. The highest BCUT2D eigenvalue weighted by atomic mass is 16.2. The fraction of sp³-hybridized carbons (Fsp3) is 0.529. The summed E-state index contributed by atoms with van der Waals surface area (Å²) in [6.07, 6.45) is 2.40. The number of hydrogen-bond acceptors (Lipinski definition) is 3. The molecular weight excluding hydrogens is 278 g/mol. The second-order valence-electron chi connectivity index (χ2n) is 6.20. The molecule has 0 aromatic heterocycles. The van der Waals surface area contributed by atoms with E-state index in [9.17, 15) is 9.59 Å². The van der Waals surface area contributed by atoms with Gasteiger partial charge in [0.1, 0.15) is 6.04 Å². The highest BCUT2D eigenvalue weighted by Gasteiger charge is 2.35. The fourth-order valence-corrected chi connectivity index (χ4v) is 3.17. The molecule has 2 amide bonds. The first-order valence-electron chi connectivity index (χ1n) is 8.04. The maximum Gasteiger partial charge on any atom is 0.249 e. The van der Waals surface area contributed by atoms with E-state index >= 15 is 0 Å². The lowest BCUT2D eigenvalue weighted by atomic mass is 9.97. The Morgan fingerprint density at radius 3 is 2.55 bits per heavy atom. The van der Waals surface area contributed by atoms with Crippen LogP contribution in [0.1, 0.15) is 24.8 Å². The minimum absolute atomic E-state index is 0.00568. The Kier molecular flexibility index (Phi) is 4.43. The molecule has 22 heavy (non-hydrogen) atoms. The molecule has 118 valence electrons. The van der Waals surface area contributed by atoms with Crippen molar-refractivity contribution in [2.45, 2.75) is 32.2 Å². The second-order valence-corrected chi connectivity index (χ2v) is 6.20. The van der Waals surface area contributed by atoms with Crippen molar-refractivity contribution in [2.75, 3.05) is 24.5 Å². The van der Waals surface area contributed by atoms with Gasteiger partial charge in [0.25, 0.3) is 0 Å². The molecule has 2 fully saturated rings. The standard InChI is InChI=1S/C17H23N3O2/c1-12-2-4-14(5-3-12)20-11-8-15(17(20)22)19-16(21)13-6-9-18-10-7-13/h2-5,13,15,18H,6-11H2,1H3,(H,19,21). The zero-order valence-corrected chi connectivity index (χ0v) is 13.0. The molecule has 2 N–H and O–H groups in total. The summed E-state index contributed by atoms with van der Waals surface area (Å²) in [5, 5.41) is 6.20. The summed E-state index contributed by atoms with van der Waals surface area (Å²) >= 11 is 0. The van der Waals surface area contributed by atoms with Gasteiger partial charge in [-0.05, 0) is 51.4 Å². The Labute approximate surface area is 131 Å². The number of piperidine rings is 1. The maximum atomic E-state index is 12.5. The van der Waals surface area contributed by atoms with Gasteiger partial charge in [0.2, 0.25) is 11.8 Å². The first kappa shape index (κ1) is 15.0. The number of nitrogens with zero attached hydrogens (tertiary/aromatic N) is 1. The number of carbonyl (C=O) groups excluding carboxylic acids is 2. The molecule has 0 spiro atoms. The van der Waals surface area contributed by atoms with E-state index < -0.39 is 0 Å². The number of benzene rings is 1. The van der Waals surface area contributed by atoms with Crippen molar-refractivity contribution >= 4 is 17.5 Å². The van der Waals surface area contributed by atoms with Gasteiger partial charge in [-0.25, -0.2) is 0 Å². The Hall–Kier alpha value is -1.88. The van der Waals surface area contributed by atoms with Gasteiger partial charge in [-0.15, -0.1) is 0 Å². The number of nitrogens with one attached hydrogen (secondary N) is 2. The number of anilines is 1. The monoisotopic (exact) mass is 301 g/mol. The molecular formula is C17H23N3O2. The molecule has 1 atom stereocenters. The number of amides is 2. The Balaban J connectivity index is 1.61. The maximum absolute atomic E-state index is 12.5. The molecule has 2 heterocycles. The summed E-state index contributed by atoms with van der Waals surface area (Å²) in [7, 11) is 0. The molecule has 0 saturated carbocycles. The van der Waals surface area contributed by atoms with Crippen molar-refractivity contribution < 1.29 is 9.59 Å². The molecule has 1 aromatic rings. The molecule has 0 radical (unpaired) electrons. The van der Waals surface area contributed by atoms with Crippen LogP contribution in [0.5, 0.6) is 0 Å². The summed E-state index contributed by atoms with van der Waals surface area (Å²) in [6.45, 7) is 4.45. The Morgan fingerprint density at radius 1 is 1.18 bits per heavy atom. The van der Waals surface area contributed by atoms with Crippen LogP contribution in [0.4, 0.5) is 5.69 Å². The summed E-state index contributed by atoms with van der Waals surface area (Å²) in [4.78, 5) is 26.6. The van der Waals surface area contributed by atoms with Gasteiger partial charge in [0.15, 0.2) is 0 Å². The molecule has 5 nitrogen and oxygen atoms in total. The zero-order chi connectivity index (χ0) is 15.5. The van der Waals surface area contributed by atoms with E-state index in [1.54, 1.807) is 4.90 Å². The number of rotatable bonds is 3. The van der Waals surface area contributed by atoms with E-state index in [0.29, 0.717) is 13.0 Å². The molecule has 5 heteroatoms. The molecule has 2 aliphatic heterocycles. The molecule has 1 aromatic carbocycles. The highest BCUT2D eigenvalue weighted by Crippen LogP contribution is 2.22. The molecule has 0 bridgehead atoms. The van der Waals surface area contributed by atoms with Crippen LogP contribution in [-0.2, 0) is 9.59 Å². The molecule has 1 unspecified atom stereocenters. The van der Waals surface area contributed by atoms with E-state index in [-0.39, 0.29) is 23.8 Å². The van der Waals surface area contributed by atoms with Crippen LogP contribution < -0.4 is 15.5 Å².